The van der Waals surface area contributed by atoms with E-state index in [1.165, 1.54) is 0 Å². The Morgan fingerprint density at radius 3 is 2.15 bits per heavy atom. The fourth-order valence-corrected chi connectivity index (χ4v) is 4.91. The van der Waals surface area contributed by atoms with Crippen LogP contribution in [0.1, 0.15) is 43.7 Å². The van der Waals surface area contributed by atoms with Crippen molar-refractivity contribution in [3.63, 3.8) is 0 Å². The van der Waals surface area contributed by atoms with Crippen LogP contribution in [0.2, 0.25) is 0 Å². The first kappa shape index (κ1) is 15.3. The predicted molar refractivity (Wildman–Crippen MR) is 79.7 cm³/mol. The number of ether oxygens (including phenoxy) is 1. The number of sulfonamides is 1. The average molecular weight is 297 g/mol. The maximum Gasteiger partial charge on any atom is 0.241 e. The maximum absolute atomic E-state index is 12.7. The molecule has 0 aromatic heterocycles. The minimum absolute atomic E-state index is 0.238. The van der Waals surface area contributed by atoms with Crippen LogP contribution < -0.4 is 9.46 Å². The molecule has 1 saturated carbocycles. The molecule has 1 N–H and O–H groups in total. The van der Waals surface area contributed by atoms with Crippen LogP contribution in [-0.2, 0) is 10.0 Å². The van der Waals surface area contributed by atoms with Crippen molar-refractivity contribution in [1.82, 2.24) is 4.72 Å². The molecule has 0 atom stereocenters. The molecule has 112 valence electrons. The molecule has 4 nitrogen and oxygen atoms in total. The van der Waals surface area contributed by atoms with Gasteiger partial charge in [0.25, 0.3) is 0 Å². The largest absolute Gasteiger partial charge is 0.497 e. The van der Waals surface area contributed by atoms with Gasteiger partial charge in [0.1, 0.15) is 5.75 Å². The van der Waals surface area contributed by atoms with Gasteiger partial charge in [-0.3, -0.25) is 0 Å². The van der Waals surface area contributed by atoms with E-state index in [1.807, 2.05) is 20.8 Å². The average Bonchev–Trinajstić information content (AvgIpc) is 2.32. The zero-order valence-corrected chi connectivity index (χ0v) is 13.4. The van der Waals surface area contributed by atoms with E-state index in [-0.39, 0.29) is 5.54 Å². The smallest absolute Gasteiger partial charge is 0.241 e. The quantitative estimate of drug-likeness (QED) is 0.909. The molecule has 0 heterocycles. The van der Waals surface area contributed by atoms with Crippen molar-refractivity contribution in [2.75, 3.05) is 7.11 Å². The fraction of sp³-hybridized carbons (Fsp3) is 0.600. The second-order valence-electron chi connectivity index (χ2n) is 5.68. The number of hydrogen-bond donors (Lipinski definition) is 1. The molecule has 2 rings (SSSR count). The summed E-state index contributed by atoms with van der Waals surface area (Å²) in [4.78, 5) is 0.387. The molecular weight excluding hydrogens is 274 g/mol. The minimum atomic E-state index is -3.48. The van der Waals surface area contributed by atoms with Crippen molar-refractivity contribution in [2.45, 2.75) is 56.9 Å². The third kappa shape index (κ3) is 2.69. The van der Waals surface area contributed by atoms with Crippen LogP contribution in [0.15, 0.2) is 17.0 Å². The predicted octanol–water partition coefficient (Wildman–Crippen LogP) is 2.92. The van der Waals surface area contributed by atoms with E-state index in [2.05, 4.69) is 4.72 Å². The Morgan fingerprint density at radius 1 is 1.25 bits per heavy atom. The first-order chi connectivity index (χ1) is 9.33. The Kier molecular flexibility index (Phi) is 4.12. The van der Waals surface area contributed by atoms with E-state index in [0.717, 1.165) is 36.8 Å². The molecule has 1 fully saturated rings. The van der Waals surface area contributed by atoms with E-state index in [4.69, 9.17) is 4.74 Å². The highest BCUT2D eigenvalue weighted by atomic mass is 32.2. The first-order valence-electron chi connectivity index (χ1n) is 7.03. The van der Waals surface area contributed by atoms with Crippen LogP contribution >= 0.6 is 0 Å². The van der Waals surface area contributed by atoms with E-state index >= 15 is 0 Å². The van der Waals surface area contributed by atoms with Crippen LogP contribution in [0.25, 0.3) is 0 Å². The lowest BCUT2D eigenvalue weighted by atomic mass is 9.76. The zero-order chi connectivity index (χ0) is 15.0. The van der Waals surface area contributed by atoms with Crippen molar-refractivity contribution in [1.29, 1.82) is 0 Å². The summed E-state index contributed by atoms with van der Waals surface area (Å²) in [7, 11) is -1.90. The highest BCUT2D eigenvalue weighted by molar-refractivity contribution is 7.89. The number of hydrogen-bond acceptors (Lipinski definition) is 3. The van der Waals surface area contributed by atoms with Crippen molar-refractivity contribution in [3.8, 4) is 5.75 Å². The molecule has 0 spiro atoms. The Morgan fingerprint density at radius 2 is 1.80 bits per heavy atom. The number of benzene rings is 1. The molecular formula is C15H23NO3S. The molecule has 1 aliphatic carbocycles. The van der Waals surface area contributed by atoms with Gasteiger partial charge in [0, 0.05) is 5.54 Å². The Bertz CT molecular complexity index is 575. The van der Waals surface area contributed by atoms with Gasteiger partial charge in [-0.15, -0.1) is 0 Å². The van der Waals surface area contributed by atoms with Gasteiger partial charge in [-0.2, -0.15) is 0 Å². The van der Waals surface area contributed by atoms with Crippen molar-refractivity contribution in [2.24, 2.45) is 0 Å². The number of nitrogens with one attached hydrogen (secondary N) is 1. The summed E-state index contributed by atoms with van der Waals surface area (Å²) in [6, 6.07) is 3.53. The Hall–Kier alpha value is -1.07. The van der Waals surface area contributed by atoms with Crippen molar-refractivity contribution < 1.29 is 13.2 Å². The molecule has 0 unspecified atom stereocenters. The summed E-state index contributed by atoms with van der Waals surface area (Å²) in [5.41, 5.74) is 1.21. The van der Waals surface area contributed by atoms with Crippen LogP contribution in [0.5, 0.6) is 5.75 Å². The van der Waals surface area contributed by atoms with Gasteiger partial charge < -0.3 is 4.74 Å². The summed E-state index contributed by atoms with van der Waals surface area (Å²) in [6.07, 6.45) is 3.78. The SMILES string of the molecule is CCC1(NS(=O)(=O)c2c(C)cc(OC)cc2C)CCC1. The van der Waals surface area contributed by atoms with Gasteiger partial charge in [0.2, 0.25) is 10.0 Å². The van der Waals surface area contributed by atoms with Gasteiger partial charge in [-0.25, -0.2) is 13.1 Å². The summed E-state index contributed by atoms with van der Waals surface area (Å²) < 4.78 is 33.5. The van der Waals surface area contributed by atoms with Crippen molar-refractivity contribution >= 4 is 10.0 Å². The molecule has 1 aromatic rings. The highest BCUT2D eigenvalue weighted by Gasteiger charge is 2.39. The zero-order valence-electron chi connectivity index (χ0n) is 12.6. The lowest BCUT2D eigenvalue weighted by Crippen LogP contribution is -2.52. The minimum Gasteiger partial charge on any atom is -0.497 e. The Labute approximate surface area is 121 Å². The molecule has 0 saturated heterocycles. The number of methoxy groups -OCH3 is 1. The third-order valence-corrected chi connectivity index (χ3v) is 6.16. The lowest BCUT2D eigenvalue weighted by Gasteiger charge is -2.41. The maximum atomic E-state index is 12.7. The summed E-state index contributed by atoms with van der Waals surface area (Å²) in [5.74, 6) is 0.688. The van der Waals surface area contributed by atoms with Gasteiger partial charge in [0.05, 0.1) is 12.0 Å². The van der Waals surface area contributed by atoms with Gasteiger partial charge >= 0.3 is 0 Å². The molecule has 0 radical (unpaired) electrons. The summed E-state index contributed by atoms with van der Waals surface area (Å²) in [5, 5.41) is 0. The van der Waals surface area contributed by atoms with E-state index < -0.39 is 10.0 Å². The summed E-state index contributed by atoms with van der Waals surface area (Å²) in [6.45, 7) is 5.66. The van der Waals surface area contributed by atoms with Crippen LogP contribution in [0.4, 0.5) is 0 Å². The molecule has 1 aliphatic rings. The molecule has 0 aliphatic heterocycles. The lowest BCUT2D eigenvalue weighted by molar-refractivity contribution is 0.214. The number of aryl methyl sites for hydroxylation is 2. The number of rotatable bonds is 5. The molecule has 0 amide bonds. The van der Waals surface area contributed by atoms with E-state index in [9.17, 15) is 8.42 Å². The van der Waals surface area contributed by atoms with Gasteiger partial charge in [0.15, 0.2) is 0 Å². The van der Waals surface area contributed by atoms with Gasteiger partial charge in [-0.05, 0) is 62.8 Å². The fourth-order valence-electron chi connectivity index (χ4n) is 2.92. The molecule has 5 heteroatoms. The standard InChI is InChI=1S/C15H23NO3S/c1-5-15(7-6-8-15)16-20(17,18)14-11(2)9-13(19-4)10-12(14)3/h9-10,16H,5-8H2,1-4H3. The second-order valence-corrected chi connectivity index (χ2v) is 7.30. The van der Waals surface area contributed by atoms with Crippen molar-refractivity contribution in [3.05, 3.63) is 23.3 Å². The third-order valence-electron chi connectivity index (χ3n) is 4.28. The van der Waals surface area contributed by atoms with E-state index in [1.54, 1.807) is 19.2 Å². The van der Waals surface area contributed by atoms with Crippen LogP contribution in [0, 0.1) is 13.8 Å². The summed E-state index contributed by atoms with van der Waals surface area (Å²) >= 11 is 0. The Balaban J connectivity index is 2.39. The normalized spacial score (nSPS) is 17.6. The monoisotopic (exact) mass is 297 g/mol. The first-order valence-corrected chi connectivity index (χ1v) is 8.51. The highest BCUT2D eigenvalue weighted by Crippen LogP contribution is 2.37. The molecule has 0 bridgehead atoms. The molecule has 1 aromatic carbocycles. The van der Waals surface area contributed by atoms with Gasteiger partial charge in [-0.1, -0.05) is 6.92 Å². The van der Waals surface area contributed by atoms with Crippen LogP contribution in [0.3, 0.4) is 0 Å². The van der Waals surface area contributed by atoms with E-state index in [0.29, 0.717) is 10.6 Å². The van der Waals surface area contributed by atoms with Crippen LogP contribution in [-0.4, -0.2) is 21.1 Å². The molecule has 20 heavy (non-hydrogen) atoms. The second kappa shape index (κ2) is 5.37. The topological polar surface area (TPSA) is 55.4 Å².